The first-order valence-corrected chi connectivity index (χ1v) is 11.9. The number of aliphatic carboxylic acids is 1. The third-order valence-corrected chi connectivity index (χ3v) is 7.49. The van der Waals surface area contributed by atoms with Crippen molar-refractivity contribution in [2.24, 2.45) is 0 Å². The summed E-state index contributed by atoms with van der Waals surface area (Å²) in [7, 11) is -1.05. The van der Waals surface area contributed by atoms with Crippen LogP contribution in [0.1, 0.15) is 26.2 Å². The number of ether oxygens (including phenoxy) is 2. The standard InChI is InChI=1S/C23H27FN2O6S/c1-4-5-9-17-14-26(16-10-7-6-8-11-16)19-12-20(31-3)21(32-15-18(24)23(27)28)13-22(19)33(29,30)25(17)2/h6-8,10-13,15,17H,4-5,9,14H2,1-3H3,(H,27,28)/b18-15-. The zero-order valence-corrected chi connectivity index (χ0v) is 19.5. The van der Waals surface area contributed by atoms with Crippen LogP contribution in [0.15, 0.2) is 59.4 Å². The Morgan fingerprint density at radius 1 is 1.24 bits per heavy atom. The minimum absolute atomic E-state index is 0.0483. The van der Waals surface area contributed by atoms with Crippen molar-refractivity contribution in [1.82, 2.24) is 4.31 Å². The predicted octanol–water partition coefficient (Wildman–Crippen LogP) is 4.30. The number of benzene rings is 2. The van der Waals surface area contributed by atoms with Gasteiger partial charge in [-0.1, -0.05) is 38.0 Å². The van der Waals surface area contributed by atoms with Gasteiger partial charge in [0.25, 0.3) is 0 Å². The van der Waals surface area contributed by atoms with Crippen LogP contribution in [0.2, 0.25) is 0 Å². The molecule has 33 heavy (non-hydrogen) atoms. The van der Waals surface area contributed by atoms with Crippen LogP contribution in [0.4, 0.5) is 15.8 Å². The topological polar surface area (TPSA) is 96.4 Å². The van der Waals surface area contributed by atoms with E-state index in [-0.39, 0.29) is 22.4 Å². The van der Waals surface area contributed by atoms with E-state index in [1.165, 1.54) is 23.5 Å². The zero-order chi connectivity index (χ0) is 24.2. The van der Waals surface area contributed by atoms with Gasteiger partial charge in [0.2, 0.25) is 15.9 Å². The summed E-state index contributed by atoms with van der Waals surface area (Å²) in [5, 5.41) is 8.73. The van der Waals surface area contributed by atoms with Gasteiger partial charge in [-0.25, -0.2) is 13.2 Å². The first-order chi connectivity index (χ1) is 15.7. The van der Waals surface area contributed by atoms with Crippen molar-refractivity contribution in [3.05, 3.63) is 54.6 Å². The van der Waals surface area contributed by atoms with Gasteiger partial charge in [0.1, 0.15) is 11.2 Å². The molecule has 0 saturated heterocycles. The van der Waals surface area contributed by atoms with Crippen molar-refractivity contribution in [1.29, 1.82) is 0 Å². The molecule has 1 aliphatic heterocycles. The lowest BCUT2D eigenvalue weighted by Crippen LogP contribution is -2.40. The lowest BCUT2D eigenvalue weighted by atomic mass is 10.1. The number of para-hydroxylation sites is 1. The summed E-state index contributed by atoms with van der Waals surface area (Å²) in [5.74, 6) is -3.32. The molecule has 0 aromatic heterocycles. The molecule has 0 amide bonds. The van der Waals surface area contributed by atoms with Gasteiger partial charge in [-0.05, 0) is 18.6 Å². The Kier molecular flexibility index (Phi) is 7.60. The van der Waals surface area contributed by atoms with Crippen LogP contribution in [-0.2, 0) is 14.8 Å². The van der Waals surface area contributed by atoms with E-state index in [9.17, 15) is 17.6 Å². The molecule has 3 rings (SSSR count). The molecule has 0 radical (unpaired) electrons. The van der Waals surface area contributed by atoms with Gasteiger partial charge in [0.15, 0.2) is 11.5 Å². The highest BCUT2D eigenvalue weighted by molar-refractivity contribution is 7.89. The first kappa shape index (κ1) is 24.5. The Morgan fingerprint density at radius 3 is 2.55 bits per heavy atom. The van der Waals surface area contributed by atoms with E-state index in [0.29, 0.717) is 24.9 Å². The van der Waals surface area contributed by atoms with E-state index in [0.717, 1.165) is 18.5 Å². The molecule has 2 aromatic rings. The average Bonchev–Trinajstić information content (AvgIpc) is 2.89. The average molecular weight is 479 g/mol. The summed E-state index contributed by atoms with van der Waals surface area (Å²) in [6, 6.07) is 11.9. The lowest BCUT2D eigenvalue weighted by Gasteiger charge is -2.29. The number of rotatable bonds is 8. The van der Waals surface area contributed by atoms with Gasteiger partial charge in [0, 0.05) is 37.5 Å². The SMILES string of the molecule is CCCCC1CN(c2ccccc2)c2cc(OC)c(O/C=C(\F)C(=O)O)cc2S(=O)(=O)N1C. The molecule has 10 heteroatoms. The Hall–Kier alpha value is -3.11. The van der Waals surface area contributed by atoms with E-state index in [4.69, 9.17) is 14.6 Å². The van der Waals surface area contributed by atoms with Crippen molar-refractivity contribution < 1.29 is 32.2 Å². The fourth-order valence-corrected chi connectivity index (χ4v) is 5.27. The zero-order valence-electron chi connectivity index (χ0n) is 18.7. The summed E-state index contributed by atoms with van der Waals surface area (Å²) < 4.78 is 52.6. The van der Waals surface area contributed by atoms with Crippen LogP contribution < -0.4 is 14.4 Å². The molecular formula is C23H27FN2O6S. The number of sulfonamides is 1. The maximum absolute atomic E-state index is 13.6. The van der Waals surface area contributed by atoms with Gasteiger partial charge in [-0.15, -0.1) is 0 Å². The molecular weight excluding hydrogens is 451 g/mol. The molecule has 1 N–H and O–H groups in total. The molecule has 0 spiro atoms. The quantitative estimate of drug-likeness (QED) is 0.446. The molecule has 0 fully saturated rings. The maximum Gasteiger partial charge on any atom is 0.368 e. The van der Waals surface area contributed by atoms with Crippen LogP contribution in [0, 0.1) is 0 Å². The number of methoxy groups -OCH3 is 1. The van der Waals surface area contributed by atoms with E-state index in [2.05, 4.69) is 0 Å². The summed E-state index contributed by atoms with van der Waals surface area (Å²) >= 11 is 0. The molecule has 178 valence electrons. The van der Waals surface area contributed by atoms with Gasteiger partial charge in [-0.3, -0.25) is 0 Å². The van der Waals surface area contributed by atoms with E-state index < -0.39 is 21.8 Å². The van der Waals surface area contributed by atoms with E-state index >= 15 is 0 Å². The van der Waals surface area contributed by atoms with Gasteiger partial charge in [0.05, 0.1) is 12.8 Å². The fraction of sp³-hybridized carbons (Fsp3) is 0.348. The summed E-state index contributed by atoms with van der Waals surface area (Å²) in [5.41, 5.74) is 1.19. The Balaban J connectivity index is 2.21. The number of carboxylic acid groups (broad SMARTS) is 1. The van der Waals surface area contributed by atoms with Gasteiger partial charge in [-0.2, -0.15) is 8.70 Å². The number of nitrogens with zero attached hydrogens (tertiary/aromatic N) is 2. The summed E-state index contributed by atoms with van der Waals surface area (Å²) in [6.07, 6.45) is 2.87. The van der Waals surface area contributed by atoms with Crippen LogP contribution in [0.3, 0.4) is 0 Å². The number of anilines is 2. The third-order valence-electron chi connectivity index (χ3n) is 5.55. The highest BCUT2D eigenvalue weighted by Crippen LogP contribution is 2.43. The Morgan fingerprint density at radius 2 is 1.94 bits per heavy atom. The van der Waals surface area contributed by atoms with Crippen LogP contribution in [0.5, 0.6) is 11.5 Å². The second kappa shape index (κ2) is 10.2. The second-order valence-corrected chi connectivity index (χ2v) is 9.59. The summed E-state index contributed by atoms with van der Waals surface area (Å²) in [4.78, 5) is 12.6. The van der Waals surface area contributed by atoms with Crippen LogP contribution in [-0.4, -0.2) is 50.5 Å². The molecule has 1 unspecified atom stereocenters. The smallest absolute Gasteiger partial charge is 0.368 e. The Bertz CT molecular complexity index is 1140. The molecule has 0 bridgehead atoms. The third kappa shape index (κ3) is 5.12. The summed E-state index contributed by atoms with van der Waals surface area (Å²) in [6.45, 7) is 2.47. The van der Waals surface area contributed by atoms with Crippen molar-refractivity contribution in [2.75, 3.05) is 25.6 Å². The molecule has 0 saturated carbocycles. The minimum Gasteiger partial charge on any atom is -0.493 e. The first-order valence-electron chi connectivity index (χ1n) is 10.5. The highest BCUT2D eigenvalue weighted by Gasteiger charge is 2.37. The fourth-order valence-electron chi connectivity index (χ4n) is 3.71. The second-order valence-electron chi connectivity index (χ2n) is 7.62. The van der Waals surface area contributed by atoms with Crippen molar-refractivity contribution in [3.8, 4) is 11.5 Å². The van der Waals surface area contributed by atoms with Crippen molar-refractivity contribution in [2.45, 2.75) is 37.1 Å². The monoisotopic (exact) mass is 478 g/mol. The lowest BCUT2D eigenvalue weighted by molar-refractivity contribution is -0.134. The normalized spacial score (nSPS) is 18.4. The van der Waals surface area contributed by atoms with Gasteiger partial charge < -0.3 is 19.5 Å². The largest absolute Gasteiger partial charge is 0.493 e. The van der Waals surface area contributed by atoms with Gasteiger partial charge >= 0.3 is 5.97 Å². The molecule has 1 atom stereocenters. The molecule has 0 aliphatic carbocycles. The van der Waals surface area contributed by atoms with Crippen LogP contribution in [0.25, 0.3) is 0 Å². The molecule has 1 aliphatic rings. The minimum atomic E-state index is -3.95. The Labute approximate surface area is 192 Å². The number of halogens is 1. The number of unbranched alkanes of at least 4 members (excludes halogenated alkanes) is 1. The highest BCUT2D eigenvalue weighted by atomic mass is 32.2. The molecule has 8 nitrogen and oxygen atoms in total. The van der Waals surface area contributed by atoms with Crippen molar-refractivity contribution in [3.63, 3.8) is 0 Å². The number of hydrogen-bond acceptors (Lipinski definition) is 6. The molecule has 2 aromatic carbocycles. The number of fused-ring (bicyclic) bond motifs is 1. The number of hydrogen-bond donors (Lipinski definition) is 1. The molecule has 1 heterocycles. The number of carbonyl (C=O) groups is 1. The van der Waals surface area contributed by atoms with Crippen LogP contribution >= 0.6 is 0 Å². The number of carboxylic acids is 1. The predicted molar refractivity (Wildman–Crippen MR) is 122 cm³/mol. The van der Waals surface area contributed by atoms with E-state index in [1.807, 2.05) is 42.2 Å². The van der Waals surface area contributed by atoms with E-state index in [1.54, 1.807) is 7.05 Å². The maximum atomic E-state index is 13.6. The van der Waals surface area contributed by atoms with Crippen molar-refractivity contribution >= 4 is 27.4 Å². The number of likely N-dealkylation sites (N-methyl/N-ethyl adjacent to an activating group) is 1.